The highest BCUT2D eigenvalue weighted by atomic mass is 16.6. The summed E-state index contributed by atoms with van der Waals surface area (Å²) in [6, 6.07) is 4.45. The summed E-state index contributed by atoms with van der Waals surface area (Å²) < 4.78 is 6.69. The van der Waals surface area contributed by atoms with Crippen LogP contribution in [0, 0.1) is 10.1 Å². The van der Waals surface area contributed by atoms with Crippen LogP contribution in [-0.4, -0.2) is 34.1 Å². The van der Waals surface area contributed by atoms with Crippen molar-refractivity contribution < 1.29 is 14.5 Å². The molecule has 23 heavy (non-hydrogen) atoms. The van der Waals surface area contributed by atoms with Gasteiger partial charge in [0.05, 0.1) is 24.8 Å². The van der Waals surface area contributed by atoms with E-state index in [1.54, 1.807) is 18.2 Å². The third-order valence-electron chi connectivity index (χ3n) is 2.86. The molecule has 0 radical (unpaired) electrons. The van der Waals surface area contributed by atoms with Gasteiger partial charge < -0.3 is 10.5 Å². The minimum absolute atomic E-state index is 0.0904. The van der Waals surface area contributed by atoms with Gasteiger partial charge in [-0.15, -0.1) is 0 Å². The molecule has 0 atom stereocenters. The molecule has 0 aliphatic heterocycles. The van der Waals surface area contributed by atoms with Crippen LogP contribution >= 0.6 is 0 Å². The molecule has 3 N–H and O–H groups in total. The Bertz CT molecular complexity index is 755. The van der Waals surface area contributed by atoms with Crippen LogP contribution in [0.3, 0.4) is 0 Å². The average Bonchev–Trinajstić information content (AvgIpc) is 2.96. The van der Waals surface area contributed by atoms with Crippen LogP contribution in [0.25, 0.3) is 0 Å². The SMILES string of the molecule is COc1ccc(C=NNC(N)=O)cc1Cn1cc([N+](=O)[O-])cn1. The van der Waals surface area contributed by atoms with Gasteiger partial charge in [-0.05, 0) is 23.8 Å². The number of benzene rings is 1. The van der Waals surface area contributed by atoms with E-state index in [0.717, 1.165) is 5.56 Å². The van der Waals surface area contributed by atoms with Gasteiger partial charge in [-0.3, -0.25) is 14.8 Å². The molecule has 120 valence electrons. The van der Waals surface area contributed by atoms with Crippen molar-refractivity contribution in [3.63, 3.8) is 0 Å². The first-order chi connectivity index (χ1) is 11.0. The van der Waals surface area contributed by atoms with Gasteiger partial charge in [-0.2, -0.15) is 10.2 Å². The van der Waals surface area contributed by atoms with E-state index in [2.05, 4.69) is 15.6 Å². The van der Waals surface area contributed by atoms with Crippen LogP contribution in [0.15, 0.2) is 35.7 Å². The first-order valence-corrected chi connectivity index (χ1v) is 6.42. The van der Waals surface area contributed by atoms with E-state index in [0.29, 0.717) is 11.3 Å². The lowest BCUT2D eigenvalue weighted by Crippen LogP contribution is -2.24. The number of nitro groups is 1. The number of rotatable bonds is 6. The smallest absolute Gasteiger partial charge is 0.332 e. The molecule has 2 aromatic rings. The van der Waals surface area contributed by atoms with Crippen LogP contribution in [0.4, 0.5) is 10.5 Å². The summed E-state index contributed by atoms with van der Waals surface area (Å²) in [5, 5.41) is 18.3. The summed E-state index contributed by atoms with van der Waals surface area (Å²) in [6.45, 7) is 0.280. The second kappa shape index (κ2) is 7.02. The Morgan fingerprint density at radius 3 is 3.00 bits per heavy atom. The van der Waals surface area contributed by atoms with Crippen molar-refractivity contribution in [1.82, 2.24) is 15.2 Å². The molecule has 1 aromatic carbocycles. The summed E-state index contributed by atoms with van der Waals surface area (Å²) in [7, 11) is 1.52. The molecule has 1 heterocycles. The van der Waals surface area contributed by atoms with Crippen molar-refractivity contribution in [3.05, 3.63) is 51.8 Å². The molecular formula is C13H14N6O4. The lowest BCUT2D eigenvalue weighted by atomic mass is 10.1. The number of carbonyl (C=O) groups excluding carboxylic acids is 1. The molecule has 1 aromatic heterocycles. The molecule has 0 fully saturated rings. The highest BCUT2D eigenvalue weighted by Gasteiger charge is 2.11. The largest absolute Gasteiger partial charge is 0.496 e. The Kier molecular flexibility index (Phi) is 4.87. The van der Waals surface area contributed by atoms with Gasteiger partial charge in [0.2, 0.25) is 0 Å². The van der Waals surface area contributed by atoms with Crippen LogP contribution in [0.5, 0.6) is 5.75 Å². The summed E-state index contributed by atoms with van der Waals surface area (Å²) in [6.07, 6.45) is 3.92. The minimum atomic E-state index is -0.765. The van der Waals surface area contributed by atoms with E-state index in [9.17, 15) is 14.9 Å². The fourth-order valence-corrected chi connectivity index (χ4v) is 1.88. The van der Waals surface area contributed by atoms with Gasteiger partial charge in [0.15, 0.2) is 0 Å². The van der Waals surface area contributed by atoms with Crippen LogP contribution in [0.1, 0.15) is 11.1 Å². The lowest BCUT2D eigenvalue weighted by Gasteiger charge is -2.09. The van der Waals surface area contributed by atoms with E-state index in [-0.39, 0.29) is 12.2 Å². The zero-order valence-corrected chi connectivity index (χ0v) is 12.2. The number of hydrazone groups is 1. The van der Waals surface area contributed by atoms with Crippen molar-refractivity contribution in [2.24, 2.45) is 10.8 Å². The van der Waals surface area contributed by atoms with E-state index in [1.807, 2.05) is 0 Å². The van der Waals surface area contributed by atoms with Crippen LogP contribution < -0.4 is 15.9 Å². The molecule has 2 rings (SSSR count). The number of nitrogens with one attached hydrogen (secondary N) is 1. The Labute approximate surface area is 130 Å². The molecule has 0 unspecified atom stereocenters. The van der Waals surface area contributed by atoms with E-state index < -0.39 is 11.0 Å². The van der Waals surface area contributed by atoms with Crippen LogP contribution in [0.2, 0.25) is 0 Å². The van der Waals surface area contributed by atoms with Gasteiger partial charge in [0.1, 0.15) is 18.1 Å². The second-order valence-corrected chi connectivity index (χ2v) is 4.46. The van der Waals surface area contributed by atoms with Gasteiger partial charge in [0.25, 0.3) is 0 Å². The van der Waals surface area contributed by atoms with Gasteiger partial charge >= 0.3 is 11.7 Å². The molecular weight excluding hydrogens is 304 g/mol. The number of primary amides is 1. The Morgan fingerprint density at radius 1 is 1.61 bits per heavy atom. The van der Waals surface area contributed by atoms with Gasteiger partial charge in [-0.1, -0.05) is 0 Å². The first-order valence-electron chi connectivity index (χ1n) is 6.42. The maximum absolute atomic E-state index is 10.7. The molecule has 2 amide bonds. The molecule has 0 spiro atoms. The van der Waals surface area contributed by atoms with Crippen molar-refractivity contribution in [1.29, 1.82) is 0 Å². The molecule has 10 nitrogen and oxygen atoms in total. The number of methoxy groups -OCH3 is 1. The quantitative estimate of drug-likeness (QED) is 0.462. The van der Waals surface area contributed by atoms with Crippen molar-refractivity contribution in [2.75, 3.05) is 7.11 Å². The normalized spacial score (nSPS) is 10.7. The fourth-order valence-electron chi connectivity index (χ4n) is 1.88. The van der Waals surface area contributed by atoms with E-state index in [1.165, 1.54) is 30.4 Å². The number of nitrogens with zero attached hydrogens (tertiary/aromatic N) is 4. The number of nitrogens with two attached hydrogens (primary N) is 1. The standard InChI is InChI=1S/C13H14N6O4/c1-23-12-3-2-9(5-15-17-13(14)20)4-10(12)7-18-8-11(6-16-18)19(21)22/h2-6,8H,7H2,1H3,(H3,14,17,20). The lowest BCUT2D eigenvalue weighted by molar-refractivity contribution is -0.385. The van der Waals surface area contributed by atoms with Crippen molar-refractivity contribution in [2.45, 2.75) is 6.54 Å². The summed E-state index contributed by atoms with van der Waals surface area (Å²) in [4.78, 5) is 20.7. The number of carbonyl (C=O) groups is 1. The highest BCUT2D eigenvalue weighted by Crippen LogP contribution is 2.21. The zero-order chi connectivity index (χ0) is 16.8. The molecule has 0 saturated heterocycles. The third kappa shape index (κ3) is 4.27. The summed E-state index contributed by atoms with van der Waals surface area (Å²) in [5.41, 5.74) is 8.35. The molecule has 10 heteroatoms. The maximum Gasteiger partial charge on any atom is 0.332 e. The molecule has 0 aliphatic carbocycles. The minimum Gasteiger partial charge on any atom is -0.496 e. The Morgan fingerprint density at radius 2 is 2.39 bits per heavy atom. The zero-order valence-electron chi connectivity index (χ0n) is 12.2. The van der Waals surface area contributed by atoms with Gasteiger partial charge in [0, 0.05) is 5.56 Å². The molecule has 0 saturated carbocycles. The summed E-state index contributed by atoms with van der Waals surface area (Å²) in [5.74, 6) is 0.600. The molecule has 0 bridgehead atoms. The maximum atomic E-state index is 10.7. The van der Waals surface area contributed by atoms with E-state index >= 15 is 0 Å². The topological polar surface area (TPSA) is 138 Å². The number of hydrogen-bond acceptors (Lipinski definition) is 6. The predicted octanol–water partition coefficient (Wildman–Crippen LogP) is 0.850. The van der Waals surface area contributed by atoms with Crippen LogP contribution in [-0.2, 0) is 6.54 Å². The Balaban J connectivity index is 2.22. The molecule has 0 aliphatic rings. The highest BCUT2D eigenvalue weighted by molar-refractivity contribution is 5.82. The second-order valence-electron chi connectivity index (χ2n) is 4.46. The Hall–Kier alpha value is -3.43. The monoisotopic (exact) mass is 318 g/mol. The average molecular weight is 318 g/mol. The number of urea groups is 1. The third-order valence-corrected chi connectivity index (χ3v) is 2.86. The number of aromatic nitrogens is 2. The number of hydrogen-bond donors (Lipinski definition) is 2. The van der Waals surface area contributed by atoms with Crippen molar-refractivity contribution in [3.8, 4) is 5.75 Å². The predicted molar refractivity (Wildman–Crippen MR) is 81.3 cm³/mol. The van der Waals surface area contributed by atoms with Gasteiger partial charge in [-0.25, -0.2) is 10.2 Å². The number of ether oxygens (including phenoxy) is 1. The summed E-state index contributed by atoms with van der Waals surface area (Å²) >= 11 is 0. The van der Waals surface area contributed by atoms with E-state index in [4.69, 9.17) is 10.5 Å². The number of amides is 2. The van der Waals surface area contributed by atoms with Crippen molar-refractivity contribution >= 4 is 17.9 Å². The first kappa shape index (κ1) is 15.9. The fraction of sp³-hybridized carbons (Fsp3) is 0.154.